The maximum atomic E-state index is 12.2. The Hall–Kier alpha value is -0.870. The number of nitrogens with one attached hydrogen (secondary N) is 1. The first-order chi connectivity index (χ1) is 7.98. The van der Waals surface area contributed by atoms with Gasteiger partial charge in [-0.05, 0) is 37.8 Å². The van der Waals surface area contributed by atoms with Gasteiger partial charge in [-0.3, -0.25) is 4.79 Å². The van der Waals surface area contributed by atoms with Crippen molar-refractivity contribution in [3.8, 4) is 0 Å². The molecule has 0 atom stereocenters. The van der Waals surface area contributed by atoms with Crippen molar-refractivity contribution in [3.05, 3.63) is 21.9 Å². The minimum Gasteiger partial charge on any atom is -0.339 e. The van der Waals surface area contributed by atoms with E-state index in [1.54, 1.807) is 11.3 Å². The minimum atomic E-state index is 0.0401. The maximum Gasteiger partial charge on any atom is 0.227 e. The molecule has 0 aliphatic carbocycles. The molecule has 1 aliphatic heterocycles. The summed E-state index contributed by atoms with van der Waals surface area (Å²) >= 11 is 1.68. The summed E-state index contributed by atoms with van der Waals surface area (Å²) in [6.07, 6.45) is 0.555. The summed E-state index contributed by atoms with van der Waals surface area (Å²) in [5, 5.41) is 5.48. The largest absolute Gasteiger partial charge is 0.339 e. The van der Waals surface area contributed by atoms with Crippen LogP contribution >= 0.6 is 11.3 Å². The average Bonchev–Trinajstić information content (AvgIpc) is 2.63. The summed E-state index contributed by atoms with van der Waals surface area (Å²) in [6.45, 7) is 8.87. The highest BCUT2D eigenvalue weighted by Gasteiger charge is 2.28. The fourth-order valence-corrected chi connectivity index (χ4v) is 3.09. The molecule has 1 saturated heterocycles. The van der Waals surface area contributed by atoms with E-state index >= 15 is 0 Å². The Kier molecular flexibility index (Phi) is 3.54. The van der Waals surface area contributed by atoms with Crippen molar-refractivity contribution in [2.45, 2.75) is 32.7 Å². The van der Waals surface area contributed by atoms with Crippen LogP contribution in [0.2, 0.25) is 0 Å². The molecule has 1 aliphatic rings. The summed E-state index contributed by atoms with van der Waals surface area (Å²) in [5.41, 5.74) is 1.27. The first-order valence-corrected chi connectivity index (χ1v) is 6.92. The van der Waals surface area contributed by atoms with E-state index in [9.17, 15) is 4.79 Å². The van der Waals surface area contributed by atoms with Crippen LogP contribution in [-0.4, -0.2) is 36.0 Å². The van der Waals surface area contributed by atoms with Crippen molar-refractivity contribution in [1.29, 1.82) is 0 Å². The van der Waals surface area contributed by atoms with Gasteiger partial charge in [0.25, 0.3) is 0 Å². The number of thiophene rings is 1. The molecule has 0 radical (unpaired) electrons. The third-order valence-corrected chi connectivity index (χ3v) is 4.23. The van der Waals surface area contributed by atoms with Crippen LogP contribution in [0.3, 0.4) is 0 Å². The summed E-state index contributed by atoms with van der Waals surface area (Å²) < 4.78 is 0. The number of piperazine rings is 1. The van der Waals surface area contributed by atoms with Crippen molar-refractivity contribution in [3.63, 3.8) is 0 Å². The zero-order valence-electron chi connectivity index (χ0n) is 10.7. The Labute approximate surface area is 107 Å². The molecule has 3 nitrogen and oxygen atoms in total. The van der Waals surface area contributed by atoms with Gasteiger partial charge in [0.1, 0.15) is 0 Å². The van der Waals surface area contributed by atoms with E-state index in [-0.39, 0.29) is 11.4 Å². The lowest BCUT2D eigenvalue weighted by atomic mass is 10.0. The van der Waals surface area contributed by atoms with Gasteiger partial charge in [-0.15, -0.1) is 11.3 Å². The molecule has 1 aromatic heterocycles. The molecule has 0 spiro atoms. The first kappa shape index (κ1) is 12.6. The Morgan fingerprint density at radius 2 is 2.35 bits per heavy atom. The summed E-state index contributed by atoms with van der Waals surface area (Å²) in [5.74, 6) is 0.255. The predicted octanol–water partition coefficient (Wildman–Crippen LogP) is 1.81. The van der Waals surface area contributed by atoms with Crippen LogP contribution < -0.4 is 5.32 Å². The third-order valence-electron chi connectivity index (χ3n) is 3.20. The summed E-state index contributed by atoms with van der Waals surface area (Å²) in [4.78, 5) is 15.4. The van der Waals surface area contributed by atoms with E-state index in [4.69, 9.17) is 0 Å². The molecule has 94 valence electrons. The SMILES string of the molecule is Cc1ccsc1CC(=O)N1CCNC(C)(C)C1. The fraction of sp³-hybridized carbons (Fsp3) is 0.615. The zero-order chi connectivity index (χ0) is 12.5. The van der Waals surface area contributed by atoms with Crippen molar-refractivity contribution >= 4 is 17.2 Å². The van der Waals surface area contributed by atoms with Crippen LogP contribution in [0.1, 0.15) is 24.3 Å². The standard InChI is InChI=1S/C13H20N2OS/c1-10-4-7-17-11(10)8-12(16)15-6-5-14-13(2,3)9-15/h4,7,14H,5-6,8-9H2,1-3H3. The molecule has 4 heteroatoms. The van der Waals surface area contributed by atoms with E-state index in [1.165, 1.54) is 10.4 Å². The van der Waals surface area contributed by atoms with Gasteiger partial charge in [-0.1, -0.05) is 0 Å². The number of hydrogen-bond donors (Lipinski definition) is 1. The van der Waals surface area contributed by atoms with Gasteiger partial charge >= 0.3 is 0 Å². The van der Waals surface area contributed by atoms with Crippen molar-refractivity contribution in [1.82, 2.24) is 10.2 Å². The van der Waals surface area contributed by atoms with E-state index in [0.29, 0.717) is 6.42 Å². The zero-order valence-corrected chi connectivity index (χ0v) is 11.6. The monoisotopic (exact) mass is 252 g/mol. The van der Waals surface area contributed by atoms with Gasteiger partial charge in [0.2, 0.25) is 5.91 Å². The van der Waals surface area contributed by atoms with Crippen LogP contribution in [-0.2, 0) is 11.2 Å². The number of aryl methyl sites for hydroxylation is 1. The summed E-state index contributed by atoms with van der Waals surface area (Å²) in [6, 6.07) is 2.08. The molecule has 1 fully saturated rings. The predicted molar refractivity (Wildman–Crippen MR) is 71.4 cm³/mol. The number of nitrogens with zero attached hydrogens (tertiary/aromatic N) is 1. The van der Waals surface area contributed by atoms with E-state index in [0.717, 1.165) is 19.6 Å². The molecule has 0 unspecified atom stereocenters. The topological polar surface area (TPSA) is 32.3 Å². The Bertz CT molecular complexity index is 411. The van der Waals surface area contributed by atoms with Crippen LogP contribution in [0.4, 0.5) is 0 Å². The van der Waals surface area contributed by atoms with Crippen molar-refractivity contribution < 1.29 is 4.79 Å². The van der Waals surface area contributed by atoms with Gasteiger partial charge < -0.3 is 10.2 Å². The molecule has 1 amide bonds. The quantitative estimate of drug-likeness (QED) is 0.870. The van der Waals surface area contributed by atoms with E-state index in [1.807, 2.05) is 4.90 Å². The van der Waals surface area contributed by atoms with Crippen LogP contribution in [0.5, 0.6) is 0 Å². The Balaban J connectivity index is 1.99. The molecular weight excluding hydrogens is 232 g/mol. The van der Waals surface area contributed by atoms with Crippen molar-refractivity contribution in [2.75, 3.05) is 19.6 Å². The second-order valence-electron chi connectivity index (χ2n) is 5.33. The van der Waals surface area contributed by atoms with Crippen LogP contribution in [0, 0.1) is 6.92 Å². The summed E-state index contributed by atoms with van der Waals surface area (Å²) in [7, 11) is 0. The second kappa shape index (κ2) is 4.78. The highest BCUT2D eigenvalue weighted by Crippen LogP contribution is 2.18. The molecule has 1 aromatic rings. The smallest absolute Gasteiger partial charge is 0.227 e. The average molecular weight is 252 g/mol. The van der Waals surface area contributed by atoms with Gasteiger partial charge in [-0.2, -0.15) is 0 Å². The Morgan fingerprint density at radius 1 is 1.59 bits per heavy atom. The number of amides is 1. The molecule has 1 N–H and O–H groups in total. The molecule has 0 bridgehead atoms. The first-order valence-electron chi connectivity index (χ1n) is 6.04. The van der Waals surface area contributed by atoms with Gasteiger partial charge in [-0.25, -0.2) is 0 Å². The lowest BCUT2D eigenvalue weighted by Crippen LogP contribution is -2.58. The molecular formula is C13H20N2OS. The van der Waals surface area contributed by atoms with Crippen LogP contribution in [0.25, 0.3) is 0 Å². The van der Waals surface area contributed by atoms with E-state index in [2.05, 4.69) is 37.5 Å². The molecule has 0 saturated carbocycles. The van der Waals surface area contributed by atoms with Gasteiger partial charge in [0.05, 0.1) is 6.42 Å². The highest BCUT2D eigenvalue weighted by molar-refractivity contribution is 7.10. The van der Waals surface area contributed by atoms with Gasteiger partial charge in [0, 0.05) is 30.1 Å². The lowest BCUT2D eigenvalue weighted by Gasteiger charge is -2.39. The number of rotatable bonds is 2. The molecule has 17 heavy (non-hydrogen) atoms. The van der Waals surface area contributed by atoms with Gasteiger partial charge in [0.15, 0.2) is 0 Å². The van der Waals surface area contributed by atoms with E-state index < -0.39 is 0 Å². The molecule has 0 aromatic carbocycles. The number of carbonyl (C=O) groups excluding carboxylic acids is 1. The fourth-order valence-electron chi connectivity index (χ4n) is 2.19. The molecule has 2 heterocycles. The second-order valence-corrected chi connectivity index (χ2v) is 6.33. The third kappa shape index (κ3) is 3.07. The Morgan fingerprint density at radius 3 is 2.94 bits per heavy atom. The molecule has 2 rings (SSSR count). The minimum absolute atomic E-state index is 0.0401. The normalized spacial score (nSPS) is 19.4. The number of hydrogen-bond acceptors (Lipinski definition) is 3. The maximum absolute atomic E-state index is 12.2. The number of carbonyl (C=O) groups is 1. The van der Waals surface area contributed by atoms with Crippen LogP contribution in [0.15, 0.2) is 11.4 Å². The lowest BCUT2D eigenvalue weighted by molar-refractivity contribution is -0.132. The highest BCUT2D eigenvalue weighted by atomic mass is 32.1. The van der Waals surface area contributed by atoms with Crippen molar-refractivity contribution in [2.24, 2.45) is 0 Å².